The average molecular weight is 203 g/mol. The molecule has 0 bridgehead atoms. The molecule has 2 heteroatoms. The molecule has 0 unspecified atom stereocenters. The van der Waals surface area contributed by atoms with Crippen LogP contribution in [0.5, 0.6) is 0 Å². The number of nitrogen functional groups attached to an aromatic ring is 1. The van der Waals surface area contributed by atoms with E-state index >= 15 is 0 Å². The minimum atomic E-state index is -0.170. The van der Waals surface area contributed by atoms with Crippen molar-refractivity contribution in [3.05, 3.63) is 41.7 Å². The van der Waals surface area contributed by atoms with E-state index < -0.39 is 0 Å². The van der Waals surface area contributed by atoms with Crippen LogP contribution in [0, 0.1) is 5.82 Å². The van der Waals surface area contributed by atoms with Gasteiger partial charge in [0.15, 0.2) is 0 Å². The van der Waals surface area contributed by atoms with Crippen LogP contribution in [0.1, 0.15) is 25.3 Å². The Morgan fingerprint density at radius 3 is 2.60 bits per heavy atom. The molecule has 0 atom stereocenters. The van der Waals surface area contributed by atoms with Gasteiger partial charge in [-0.15, -0.1) is 0 Å². The van der Waals surface area contributed by atoms with E-state index in [2.05, 4.69) is 0 Å². The summed E-state index contributed by atoms with van der Waals surface area (Å²) < 4.78 is 13.7. The second kappa shape index (κ2) is 3.54. The average Bonchev–Trinajstić information content (AvgIpc) is 2.16. The second-order valence-corrected chi connectivity index (χ2v) is 4.10. The van der Waals surface area contributed by atoms with Gasteiger partial charge in [-0.3, -0.25) is 0 Å². The Hall–Kier alpha value is -1.57. The van der Waals surface area contributed by atoms with E-state index in [0.29, 0.717) is 11.1 Å². The summed E-state index contributed by atoms with van der Waals surface area (Å²) >= 11 is 0. The van der Waals surface area contributed by atoms with Crippen molar-refractivity contribution in [1.29, 1.82) is 0 Å². The lowest BCUT2D eigenvalue weighted by molar-refractivity contribution is 0.637. The van der Waals surface area contributed by atoms with Gasteiger partial charge in [0.25, 0.3) is 0 Å². The summed E-state index contributed by atoms with van der Waals surface area (Å²) in [7, 11) is 0. The number of hydrogen-bond acceptors (Lipinski definition) is 1. The summed E-state index contributed by atoms with van der Waals surface area (Å²) in [5.41, 5.74) is 7.46. The van der Waals surface area contributed by atoms with Crippen LogP contribution in [0.25, 0.3) is 10.8 Å². The Morgan fingerprint density at radius 1 is 1.20 bits per heavy atom. The van der Waals surface area contributed by atoms with E-state index in [0.717, 1.165) is 10.9 Å². The third-order valence-corrected chi connectivity index (χ3v) is 2.60. The van der Waals surface area contributed by atoms with Crippen LogP contribution in [-0.4, -0.2) is 0 Å². The summed E-state index contributed by atoms with van der Waals surface area (Å²) in [5.74, 6) is 0.101. The fourth-order valence-electron chi connectivity index (χ4n) is 1.89. The van der Waals surface area contributed by atoms with Crippen molar-refractivity contribution in [2.24, 2.45) is 0 Å². The molecule has 0 aromatic heterocycles. The SMILES string of the molecule is CC(C)c1cc(N)cc2cccc(F)c12. The number of hydrogen-bond donors (Lipinski definition) is 1. The van der Waals surface area contributed by atoms with Crippen LogP contribution in [0.15, 0.2) is 30.3 Å². The minimum absolute atomic E-state index is 0.170. The van der Waals surface area contributed by atoms with Crippen LogP contribution in [0.4, 0.5) is 10.1 Å². The Balaban J connectivity index is 2.88. The maximum Gasteiger partial charge on any atom is 0.131 e. The topological polar surface area (TPSA) is 26.0 Å². The second-order valence-electron chi connectivity index (χ2n) is 4.10. The molecule has 0 aliphatic rings. The summed E-state index contributed by atoms with van der Waals surface area (Å²) in [6, 6.07) is 8.76. The van der Waals surface area contributed by atoms with E-state index in [1.54, 1.807) is 6.07 Å². The third-order valence-electron chi connectivity index (χ3n) is 2.60. The fraction of sp³-hybridized carbons (Fsp3) is 0.231. The standard InChI is InChI=1S/C13H14FN/c1-8(2)11-7-10(15)6-9-4-3-5-12(14)13(9)11/h3-8H,15H2,1-2H3. The highest BCUT2D eigenvalue weighted by molar-refractivity contribution is 5.89. The van der Waals surface area contributed by atoms with E-state index in [4.69, 9.17) is 5.73 Å². The molecule has 0 fully saturated rings. The van der Waals surface area contributed by atoms with E-state index in [1.165, 1.54) is 6.07 Å². The van der Waals surface area contributed by atoms with Crippen molar-refractivity contribution >= 4 is 16.5 Å². The molecule has 0 saturated carbocycles. The summed E-state index contributed by atoms with van der Waals surface area (Å²) in [6.45, 7) is 4.08. The van der Waals surface area contributed by atoms with Gasteiger partial charge in [0.2, 0.25) is 0 Å². The van der Waals surface area contributed by atoms with E-state index in [1.807, 2.05) is 32.0 Å². The molecular formula is C13H14FN. The molecule has 1 nitrogen and oxygen atoms in total. The van der Waals surface area contributed by atoms with Crippen LogP contribution >= 0.6 is 0 Å². The summed E-state index contributed by atoms with van der Waals surface area (Å²) in [6.07, 6.45) is 0. The highest BCUT2D eigenvalue weighted by atomic mass is 19.1. The first kappa shape index (κ1) is 9.97. The Labute approximate surface area is 88.7 Å². The molecule has 0 aliphatic heterocycles. The third kappa shape index (κ3) is 1.67. The number of benzene rings is 2. The van der Waals surface area contributed by atoms with Gasteiger partial charge in [0, 0.05) is 11.1 Å². The molecule has 0 aliphatic carbocycles. The first-order valence-corrected chi connectivity index (χ1v) is 5.07. The predicted molar refractivity (Wildman–Crippen MR) is 62.4 cm³/mol. The van der Waals surface area contributed by atoms with Gasteiger partial charge in [0.05, 0.1) is 0 Å². The minimum Gasteiger partial charge on any atom is -0.399 e. The molecule has 0 radical (unpaired) electrons. The fourth-order valence-corrected chi connectivity index (χ4v) is 1.89. The molecule has 78 valence electrons. The van der Waals surface area contributed by atoms with Crippen molar-refractivity contribution in [3.8, 4) is 0 Å². The number of fused-ring (bicyclic) bond motifs is 1. The quantitative estimate of drug-likeness (QED) is 0.703. The summed E-state index contributed by atoms with van der Waals surface area (Å²) in [4.78, 5) is 0. The van der Waals surface area contributed by atoms with Crippen molar-refractivity contribution in [2.45, 2.75) is 19.8 Å². The maximum absolute atomic E-state index is 13.7. The highest BCUT2D eigenvalue weighted by Crippen LogP contribution is 2.29. The molecular weight excluding hydrogens is 189 g/mol. The molecule has 0 amide bonds. The molecule has 0 saturated heterocycles. The Morgan fingerprint density at radius 2 is 1.93 bits per heavy atom. The van der Waals surface area contributed by atoms with Gasteiger partial charge in [-0.05, 0) is 35.1 Å². The van der Waals surface area contributed by atoms with Gasteiger partial charge in [-0.25, -0.2) is 4.39 Å². The number of halogens is 1. The van der Waals surface area contributed by atoms with Crippen molar-refractivity contribution in [2.75, 3.05) is 5.73 Å². The molecule has 2 aromatic carbocycles. The van der Waals surface area contributed by atoms with Gasteiger partial charge in [-0.2, -0.15) is 0 Å². The lowest BCUT2D eigenvalue weighted by atomic mass is 9.95. The Kier molecular flexibility index (Phi) is 2.35. The zero-order valence-electron chi connectivity index (χ0n) is 8.92. The van der Waals surface area contributed by atoms with Gasteiger partial charge in [0.1, 0.15) is 5.82 Å². The van der Waals surface area contributed by atoms with E-state index in [-0.39, 0.29) is 11.7 Å². The number of nitrogens with two attached hydrogens (primary N) is 1. The first-order valence-electron chi connectivity index (χ1n) is 5.07. The molecule has 2 aromatic rings. The van der Waals surface area contributed by atoms with E-state index in [9.17, 15) is 4.39 Å². The number of rotatable bonds is 1. The first-order chi connectivity index (χ1) is 7.09. The molecule has 2 rings (SSSR count). The van der Waals surface area contributed by atoms with Gasteiger partial charge in [-0.1, -0.05) is 26.0 Å². The summed E-state index contributed by atoms with van der Waals surface area (Å²) in [5, 5.41) is 1.57. The molecule has 2 N–H and O–H groups in total. The maximum atomic E-state index is 13.7. The van der Waals surface area contributed by atoms with Crippen LogP contribution in [-0.2, 0) is 0 Å². The van der Waals surface area contributed by atoms with Gasteiger partial charge >= 0.3 is 0 Å². The smallest absolute Gasteiger partial charge is 0.131 e. The molecule has 0 spiro atoms. The number of anilines is 1. The van der Waals surface area contributed by atoms with Crippen molar-refractivity contribution in [1.82, 2.24) is 0 Å². The van der Waals surface area contributed by atoms with Crippen molar-refractivity contribution in [3.63, 3.8) is 0 Å². The van der Waals surface area contributed by atoms with Crippen LogP contribution in [0.3, 0.4) is 0 Å². The lowest BCUT2D eigenvalue weighted by Crippen LogP contribution is -1.95. The van der Waals surface area contributed by atoms with Crippen LogP contribution in [0.2, 0.25) is 0 Å². The predicted octanol–water partition coefficient (Wildman–Crippen LogP) is 3.68. The zero-order valence-corrected chi connectivity index (χ0v) is 8.92. The zero-order chi connectivity index (χ0) is 11.0. The molecule has 15 heavy (non-hydrogen) atoms. The molecule has 0 heterocycles. The normalized spacial score (nSPS) is 11.2. The van der Waals surface area contributed by atoms with Gasteiger partial charge < -0.3 is 5.73 Å². The van der Waals surface area contributed by atoms with Crippen molar-refractivity contribution < 1.29 is 4.39 Å². The lowest BCUT2D eigenvalue weighted by Gasteiger charge is -2.12. The highest BCUT2D eigenvalue weighted by Gasteiger charge is 2.10. The monoisotopic (exact) mass is 203 g/mol. The largest absolute Gasteiger partial charge is 0.399 e. The van der Waals surface area contributed by atoms with Crippen LogP contribution < -0.4 is 5.73 Å². The Bertz CT molecular complexity index is 503.